The smallest absolute Gasteiger partial charge is 0.237 e. The van der Waals surface area contributed by atoms with Crippen LogP contribution >= 0.6 is 23.2 Å². The van der Waals surface area contributed by atoms with Gasteiger partial charge in [-0.25, -0.2) is 0 Å². The Morgan fingerprint density at radius 2 is 1.81 bits per heavy atom. The maximum atomic E-state index is 13.1. The number of para-hydroxylation sites is 1. The molecule has 1 amide bonds. The fourth-order valence-corrected chi connectivity index (χ4v) is 5.31. The van der Waals surface area contributed by atoms with E-state index in [0.717, 1.165) is 33.3 Å². The van der Waals surface area contributed by atoms with E-state index in [2.05, 4.69) is 39.5 Å². The third kappa shape index (κ3) is 3.69. The highest BCUT2D eigenvalue weighted by Crippen LogP contribution is 2.44. The number of hydrogen-bond acceptors (Lipinski definition) is 2. The molecule has 0 bridgehead atoms. The van der Waals surface area contributed by atoms with Gasteiger partial charge in [-0.2, -0.15) is 0 Å². The summed E-state index contributed by atoms with van der Waals surface area (Å²) in [7, 11) is 1.69. The first-order valence-electron chi connectivity index (χ1n) is 10.6. The third-order valence-electron chi connectivity index (χ3n) is 6.26. The van der Waals surface area contributed by atoms with Crippen LogP contribution in [0.4, 0.5) is 0 Å². The largest absolute Gasteiger partial charge is 0.358 e. The summed E-state index contributed by atoms with van der Waals surface area (Å²) in [5.41, 5.74) is 5.36. The second kappa shape index (κ2) is 8.62. The van der Waals surface area contributed by atoms with E-state index in [4.69, 9.17) is 23.2 Å². The second-order valence-electron chi connectivity index (χ2n) is 8.12. The summed E-state index contributed by atoms with van der Waals surface area (Å²) in [5, 5.41) is 5.19. The van der Waals surface area contributed by atoms with Gasteiger partial charge in [-0.15, -0.1) is 0 Å². The monoisotopic (exact) mass is 463 g/mol. The number of likely N-dealkylation sites (N-methyl/N-ethyl adjacent to an activating group) is 1. The van der Waals surface area contributed by atoms with Gasteiger partial charge in [0.2, 0.25) is 5.91 Å². The van der Waals surface area contributed by atoms with Crippen LogP contribution in [0.2, 0.25) is 10.0 Å². The van der Waals surface area contributed by atoms with Gasteiger partial charge < -0.3 is 10.3 Å². The van der Waals surface area contributed by atoms with E-state index in [1.807, 2.05) is 42.5 Å². The van der Waals surface area contributed by atoms with Crippen molar-refractivity contribution in [3.8, 4) is 0 Å². The van der Waals surface area contributed by atoms with E-state index < -0.39 is 0 Å². The van der Waals surface area contributed by atoms with E-state index in [1.165, 1.54) is 0 Å². The summed E-state index contributed by atoms with van der Waals surface area (Å²) in [6.45, 7) is 0.608. The Labute approximate surface area is 197 Å². The quantitative estimate of drug-likeness (QED) is 0.405. The Morgan fingerprint density at radius 1 is 1.06 bits per heavy atom. The fraction of sp³-hybridized carbons (Fsp3) is 0.192. The highest BCUT2D eigenvalue weighted by atomic mass is 35.5. The first-order valence-corrected chi connectivity index (χ1v) is 11.4. The summed E-state index contributed by atoms with van der Waals surface area (Å²) in [6, 6.07) is 23.5. The maximum absolute atomic E-state index is 13.1. The molecule has 0 saturated heterocycles. The van der Waals surface area contributed by atoms with Crippen LogP contribution in [-0.2, 0) is 17.8 Å². The molecule has 1 aliphatic heterocycles. The van der Waals surface area contributed by atoms with Gasteiger partial charge in [-0.3, -0.25) is 9.69 Å². The predicted molar refractivity (Wildman–Crippen MR) is 130 cm³/mol. The lowest BCUT2D eigenvalue weighted by Crippen LogP contribution is -2.51. The van der Waals surface area contributed by atoms with Crippen LogP contribution in [0.15, 0.2) is 72.8 Å². The molecule has 0 aliphatic carbocycles. The molecule has 0 unspecified atom stereocenters. The molecule has 0 saturated carbocycles. The van der Waals surface area contributed by atoms with Gasteiger partial charge in [0.25, 0.3) is 0 Å². The number of aromatic nitrogens is 1. The number of carbonyl (C=O) groups is 1. The van der Waals surface area contributed by atoms with Crippen LogP contribution in [-0.4, -0.2) is 28.9 Å². The molecule has 4 aromatic rings. The van der Waals surface area contributed by atoms with Gasteiger partial charge in [0.15, 0.2) is 0 Å². The van der Waals surface area contributed by atoms with E-state index >= 15 is 0 Å². The van der Waals surface area contributed by atoms with Crippen molar-refractivity contribution < 1.29 is 4.79 Å². The van der Waals surface area contributed by atoms with Crippen LogP contribution in [0.5, 0.6) is 0 Å². The van der Waals surface area contributed by atoms with E-state index in [-0.39, 0.29) is 18.0 Å². The molecule has 3 aromatic carbocycles. The second-order valence-corrected chi connectivity index (χ2v) is 8.97. The lowest BCUT2D eigenvalue weighted by molar-refractivity contribution is -0.127. The van der Waals surface area contributed by atoms with Gasteiger partial charge >= 0.3 is 0 Å². The molecule has 2 N–H and O–H groups in total. The van der Waals surface area contributed by atoms with Crippen LogP contribution in [0.3, 0.4) is 0 Å². The van der Waals surface area contributed by atoms with Crippen molar-refractivity contribution in [2.75, 3.05) is 7.05 Å². The Kier molecular flexibility index (Phi) is 5.68. The minimum absolute atomic E-state index is 0.00746. The average molecular weight is 464 g/mol. The molecule has 32 heavy (non-hydrogen) atoms. The minimum Gasteiger partial charge on any atom is -0.358 e. The number of fused-ring (bicyclic) bond motifs is 3. The van der Waals surface area contributed by atoms with Crippen molar-refractivity contribution >= 4 is 40.0 Å². The third-order valence-corrected chi connectivity index (χ3v) is 6.83. The molecule has 0 spiro atoms. The lowest BCUT2D eigenvalue weighted by Gasteiger charge is -2.41. The number of carbonyl (C=O) groups excluding carboxylic acids is 1. The number of nitrogens with one attached hydrogen (secondary N) is 2. The Balaban J connectivity index is 1.74. The molecule has 2 atom stereocenters. The zero-order valence-corrected chi connectivity index (χ0v) is 19.1. The average Bonchev–Trinajstić information content (AvgIpc) is 3.18. The van der Waals surface area contributed by atoms with E-state index in [1.54, 1.807) is 13.1 Å². The predicted octanol–water partition coefficient (Wildman–Crippen LogP) is 5.74. The van der Waals surface area contributed by atoms with Gasteiger partial charge in [0.1, 0.15) is 0 Å². The Bertz CT molecular complexity index is 1280. The molecule has 6 heteroatoms. The summed E-state index contributed by atoms with van der Waals surface area (Å²) in [4.78, 5) is 19.0. The number of nitrogens with zero attached hydrogens (tertiary/aromatic N) is 1. The molecule has 4 nitrogen and oxygen atoms in total. The fourth-order valence-electron chi connectivity index (χ4n) is 4.79. The van der Waals surface area contributed by atoms with Gasteiger partial charge in [0, 0.05) is 40.2 Å². The maximum Gasteiger partial charge on any atom is 0.237 e. The van der Waals surface area contributed by atoms with E-state index in [0.29, 0.717) is 23.0 Å². The summed E-state index contributed by atoms with van der Waals surface area (Å²) < 4.78 is 0. The molecule has 5 rings (SSSR count). The zero-order valence-electron chi connectivity index (χ0n) is 17.6. The van der Waals surface area contributed by atoms with Crippen LogP contribution in [0.1, 0.15) is 28.4 Å². The van der Waals surface area contributed by atoms with Crippen molar-refractivity contribution in [1.82, 2.24) is 15.2 Å². The van der Waals surface area contributed by atoms with Crippen molar-refractivity contribution in [2.45, 2.75) is 25.0 Å². The molecule has 1 aliphatic rings. The highest BCUT2D eigenvalue weighted by Gasteiger charge is 2.41. The highest BCUT2D eigenvalue weighted by molar-refractivity contribution is 6.35. The number of aromatic amines is 1. The van der Waals surface area contributed by atoms with Gasteiger partial charge in [-0.05, 0) is 41.3 Å². The lowest BCUT2D eigenvalue weighted by atomic mass is 9.87. The number of rotatable bonds is 4. The normalized spacial score (nSPS) is 18.5. The van der Waals surface area contributed by atoms with Crippen molar-refractivity contribution in [1.29, 1.82) is 0 Å². The van der Waals surface area contributed by atoms with Crippen molar-refractivity contribution in [3.05, 3.63) is 105 Å². The standard InChI is InChI=1S/C26H23Cl2N3O/c1-29-26(32)23-14-20-18-9-5-6-10-22(18)30-24(20)25(19-12-11-17(27)13-21(19)28)31(23)15-16-7-3-2-4-8-16/h2-13,23,25,30H,14-15H2,1H3,(H,29,32)/t23-,25+/m0/s1. The van der Waals surface area contributed by atoms with Crippen molar-refractivity contribution in [2.24, 2.45) is 0 Å². The summed E-state index contributed by atoms with van der Waals surface area (Å²) in [6.07, 6.45) is 0.619. The number of amides is 1. The Hall–Kier alpha value is -2.79. The van der Waals surface area contributed by atoms with Crippen LogP contribution < -0.4 is 5.32 Å². The number of H-pyrrole nitrogens is 1. The Morgan fingerprint density at radius 3 is 2.56 bits per heavy atom. The molecule has 0 fully saturated rings. The molecular formula is C26H23Cl2N3O. The molecule has 1 aromatic heterocycles. The summed E-state index contributed by atoms with van der Waals surface area (Å²) >= 11 is 13.0. The minimum atomic E-state index is -0.344. The first-order chi connectivity index (χ1) is 15.6. The molecule has 0 radical (unpaired) electrons. The summed E-state index contributed by atoms with van der Waals surface area (Å²) in [5.74, 6) is -0.00746. The molecular weight excluding hydrogens is 441 g/mol. The number of hydrogen-bond donors (Lipinski definition) is 2. The number of benzene rings is 3. The van der Waals surface area contributed by atoms with E-state index in [9.17, 15) is 4.79 Å². The van der Waals surface area contributed by atoms with Crippen LogP contribution in [0.25, 0.3) is 10.9 Å². The number of halogens is 2. The van der Waals surface area contributed by atoms with Crippen molar-refractivity contribution in [3.63, 3.8) is 0 Å². The zero-order chi connectivity index (χ0) is 22.2. The van der Waals surface area contributed by atoms with Crippen LogP contribution in [0, 0.1) is 0 Å². The SMILES string of the molecule is CNC(=O)[C@@H]1Cc2c([nH]c3ccccc23)[C@@H](c2ccc(Cl)cc2Cl)N1Cc1ccccc1. The molecule has 162 valence electrons. The first kappa shape index (κ1) is 21.1. The molecule has 2 heterocycles. The van der Waals surface area contributed by atoms with Gasteiger partial charge in [0.05, 0.1) is 12.1 Å². The van der Waals surface area contributed by atoms with Gasteiger partial charge in [-0.1, -0.05) is 77.8 Å². The topological polar surface area (TPSA) is 48.1 Å².